The quantitative estimate of drug-likeness (QED) is 0.612. The third-order valence-electron chi connectivity index (χ3n) is 4.57. The number of cyclic esters (lactones) is 1. The average molecular weight is 349 g/mol. The van der Waals surface area contributed by atoms with Gasteiger partial charge in [0.1, 0.15) is 0 Å². The Kier molecular flexibility index (Phi) is 5.05. The van der Waals surface area contributed by atoms with Crippen LogP contribution < -0.4 is 0 Å². The zero-order valence-electron chi connectivity index (χ0n) is 15.6. The van der Waals surface area contributed by atoms with Crippen molar-refractivity contribution in [2.75, 3.05) is 14.1 Å². The highest BCUT2D eigenvalue weighted by atomic mass is 16.6. The van der Waals surface area contributed by atoms with Gasteiger partial charge >= 0.3 is 5.97 Å². The van der Waals surface area contributed by atoms with Crippen molar-refractivity contribution in [3.63, 3.8) is 0 Å². The number of esters is 1. The second-order valence-corrected chi connectivity index (χ2v) is 6.97. The molecule has 1 aliphatic heterocycles. The maximum atomic E-state index is 13.2. The number of rotatable bonds is 5. The molecule has 4 heteroatoms. The Bertz CT molecular complexity index is 861. The van der Waals surface area contributed by atoms with Crippen LogP contribution in [0.5, 0.6) is 0 Å². The normalized spacial score (nSPS) is 17.0. The van der Waals surface area contributed by atoms with Crippen LogP contribution in [0, 0.1) is 13.8 Å². The highest BCUT2D eigenvalue weighted by Gasteiger charge is 2.39. The largest absolute Gasteiger partial charge is 0.438 e. The molecule has 0 saturated carbocycles. The summed E-state index contributed by atoms with van der Waals surface area (Å²) in [4.78, 5) is 27.4. The van der Waals surface area contributed by atoms with E-state index in [4.69, 9.17) is 4.74 Å². The number of carbonyl (C=O) groups is 2. The molecule has 0 amide bonds. The van der Waals surface area contributed by atoms with Crippen LogP contribution in [0.4, 0.5) is 0 Å². The highest BCUT2D eigenvalue weighted by Crippen LogP contribution is 2.30. The molecule has 0 fully saturated rings. The zero-order chi connectivity index (χ0) is 18.8. The first-order valence-electron chi connectivity index (χ1n) is 8.64. The number of benzene rings is 2. The fraction of sp³-hybridized carbons (Fsp3) is 0.273. The van der Waals surface area contributed by atoms with Crippen LogP contribution in [0.1, 0.15) is 27.0 Å². The molecule has 26 heavy (non-hydrogen) atoms. The summed E-state index contributed by atoms with van der Waals surface area (Å²) in [6, 6.07) is 15.3. The molecule has 4 nitrogen and oxygen atoms in total. The number of aryl methyl sites for hydroxylation is 2. The van der Waals surface area contributed by atoms with E-state index in [-0.39, 0.29) is 5.78 Å². The summed E-state index contributed by atoms with van der Waals surface area (Å²) in [5.41, 5.74) is 4.66. The standard InChI is InChI=1S/C22H23NO3/c1-14-5-9-16(10-6-14)13-18-19(21(23(3)4)26-22(18)25)20(24)17-11-7-15(2)8-12-17/h5-12,21H,13H2,1-4H3. The predicted molar refractivity (Wildman–Crippen MR) is 101 cm³/mol. The third-order valence-corrected chi connectivity index (χ3v) is 4.57. The van der Waals surface area contributed by atoms with E-state index in [1.807, 2.05) is 50.2 Å². The van der Waals surface area contributed by atoms with Crippen molar-refractivity contribution >= 4 is 11.8 Å². The summed E-state index contributed by atoms with van der Waals surface area (Å²) in [6.07, 6.45) is -0.270. The molecule has 134 valence electrons. The number of carbonyl (C=O) groups excluding carboxylic acids is 2. The van der Waals surface area contributed by atoms with Crippen molar-refractivity contribution < 1.29 is 14.3 Å². The summed E-state index contributed by atoms with van der Waals surface area (Å²) in [6.45, 7) is 3.99. The Morgan fingerprint density at radius 2 is 1.50 bits per heavy atom. The summed E-state index contributed by atoms with van der Waals surface area (Å²) >= 11 is 0. The lowest BCUT2D eigenvalue weighted by molar-refractivity contribution is -0.144. The van der Waals surface area contributed by atoms with E-state index in [1.165, 1.54) is 0 Å². The van der Waals surface area contributed by atoms with Gasteiger partial charge in [-0.1, -0.05) is 59.7 Å². The van der Waals surface area contributed by atoms with Gasteiger partial charge < -0.3 is 4.74 Å². The van der Waals surface area contributed by atoms with Crippen LogP contribution >= 0.6 is 0 Å². The molecule has 2 aromatic rings. The van der Waals surface area contributed by atoms with Crippen molar-refractivity contribution in [3.05, 3.63) is 81.9 Å². The summed E-state index contributed by atoms with van der Waals surface area (Å²) in [5, 5.41) is 0. The Balaban J connectivity index is 2.03. The molecule has 1 unspecified atom stereocenters. The van der Waals surface area contributed by atoms with Crippen LogP contribution in [-0.2, 0) is 16.0 Å². The molecule has 2 aromatic carbocycles. The molecular weight excluding hydrogens is 326 g/mol. The van der Waals surface area contributed by atoms with Gasteiger partial charge in [0.15, 0.2) is 12.0 Å². The van der Waals surface area contributed by atoms with Crippen molar-refractivity contribution in [2.45, 2.75) is 26.5 Å². The first kappa shape index (κ1) is 18.1. The minimum atomic E-state index is -0.656. The van der Waals surface area contributed by atoms with Gasteiger partial charge in [-0.2, -0.15) is 0 Å². The third kappa shape index (κ3) is 3.60. The van der Waals surface area contributed by atoms with E-state index in [9.17, 15) is 9.59 Å². The van der Waals surface area contributed by atoms with Crippen LogP contribution in [0.3, 0.4) is 0 Å². The summed E-state index contributed by atoms with van der Waals surface area (Å²) < 4.78 is 5.50. The second kappa shape index (κ2) is 7.26. The van der Waals surface area contributed by atoms with Gasteiger partial charge in [-0.25, -0.2) is 4.79 Å². The van der Waals surface area contributed by atoms with Crippen molar-refractivity contribution in [1.82, 2.24) is 4.90 Å². The maximum Gasteiger partial charge on any atom is 0.336 e. The van der Waals surface area contributed by atoms with Gasteiger partial charge in [0.2, 0.25) is 0 Å². The molecular formula is C22H23NO3. The smallest absolute Gasteiger partial charge is 0.336 e. The lowest BCUT2D eigenvalue weighted by Crippen LogP contribution is -2.32. The number of nitrogens with zero attached hydrogens (tertiary/aromatic N) is 1. The van der Waals surface area contributed by atoms with E-state index >= 15 is 0 Å². The number of hydrogen-bond acceptors (Lipinski definition) is 4. The van der Waals surface area contributed by atoms with E-state index in [0.717, 1.165) is 16.7 Å². The monoisotopic (exact) mass is 349 g/mol. The number of Topliss-reactive ketones (excluding diaryl/α,β-unsaturated/α-hetero) is 1. The first-order valence-corrected chi connectivity index (χ1v) is 8.64. The van der Waals surface area contributed by atoms with Gasteiger partial charge in [-0.3, -0.25) is 9.69 Å². The molecule has 0 bridgehead atoms. The summed E-state index contributed by atoms with van der Waals surface area (Å²) in [5.74, 6) is -0.573. The average Bonchev–Trinajstić information content (AvgIpc) is 2.94. The number of likely N-dealkylation sites (N-methyl/N-ethyl adjacent to an activating group) is 1. The SMILES string of the molecule is Cc1ccc(CC2=C(C(=O)c3ccc(C)cc3)C(N(C)C)OC2=O)cc1. The summed E-state index contributed by atoms with van der Waals surface area (Å²) in [7, 11) is 3.60. The Morgan fingerprint density at radius 1 is 0.962 bits per heavy atom. The van der Waals surface area contributed by atoms with Crippen molar-refractivity contribution in [3.8, 4) is 0 Å². The molecule has 3 rings (SSSR count). The number of ether oxygens (including phenoxy) is 1. The second-order valence-electron chi connectivity index (χ2n) is 6.97. The van der Waals surface area contributed by atoms with Crippen molar-refractivity contribution in [1.29, 1.82) is 0 Å². The van der Waals surface area contributed by atoms with Crippen LogP contribution in [0.2, 0.25) is 0 Å². The fourth-order valence-electron chi connectivity index (χ4n) is 3.04. The molecule has 1 atom stereocenters. The predicted octanol–water partition coefficient (Wildman–Crippen LogP) is 3.47. The van der Waals surface area contributed by atoms with E-state index in [0.29, 0.717) is 23.1 Å². The number of ketones is 1. The minimum absolute atomic E-state index is 0.156. The van der Waals surface area contributed by atoms with Gasteiger partial charge in [0.25, 0.3) is 0 Å². The van der Waals surface area contributed by atoms with Gasteiger partial charge in [-0.15, -0.1) is 0 Å². The van der Waals surface area contributed by atoms with E-state index in [1.54, 1.807) is 31.1 Å². The molecule has 0 radical (unpaired) electrons. The van der Waals surface area contributed by atoms with E-state index < -0.39 is 12.2 Å². The van der Waals surface area contributed by atoms with Gasteiger partial charge in [0.05, 0.1) is 11.1 Å². The fourth-order valence-corrected chi connectivity index (χ4v) is 3.04. The van der Waals surface area contributed by atoms with Crippen LogP contribution in [0.25, 0.3) is 0 Å². The zero-order valence-corrected chi connectivity index (χ0v) is 15.6. The highest BCUT2D eigenvalue weighted by molar-refractivity contribution is 6.15. The molecule has 0 aliphatic carbocycles. The van der Waals surface area contributed by atoms with Crippen LogP contribution in [-0.4, -0.2) is 37.0 Å². The maximum absolute atomic E-state index is 13.2. The Labute approximate surface area is 154 Å². The topological polar surface area (TPSA) is 46.6 Å². The Morgan fingerprint density at radius 3 is 2.04 bits per heavy atom. The first-order chi connectivity index (χ1) is 12.4. The molecule has 1 heterocycles. The van der Waals surface area contributed by atoms with Crippen molar-refractivity contribution in [2.24, 2.45) is 0 Å². The Hall–Kier alpha value is -2.72. The van der Waals surface area contributed by atoms with E-state index in [2.05, 4.69) is 0 Å². The van der Waals surface area contributed by atoms with Crippen LogP contribution in [0.15, 0.2) is 59.7 Å². The van der Waals surface area contributed by atoms with Gasteiger partial charge in [0, 0.05) is 12.0 Å². The molecule has 1 aliphatic rings. The lowest BCUT2D eigenvalue weighted by Gasteiger charge is -2.20. The van der Waals surface area contributed by atoms with Gasteiger partial charge in [-0.05, 0) is 33.5 Å². The minimum Gasteiger partial charge on any atom is -0.438 e. The molecule has 0 aromatic heterocycles. The number of hydrogen-bond donors (Lipinski definition) is 0. The molecule has 0 N–H and O–H groups in total. The molecule has 0 spiro atoms. The lowest BCUT2D eigenvalue weighted by atomic mass is 9.94. The molecule has 0 saturated heterocycles.